The second-order valence-electron chi connectivity index (χ2n) is 6.78. The van der Waals surface area contributed by atoms with E-state index < -0.39 is 40.7 Å². The molecule has 1 aliphatic heterocycles. The van der Waals surface area contributed by atoms with Crippen LogP contribution in [0.3, 0.4) is 0 Å². The molecule has 0 aromatic heterocycles. The molecule has 29 heavy (non-hydrogen) atoms. The summed E-state index contributed by atoms with van der Waals surface area (Å²) >= 11 is 0. The summed E-state index contributed by atoms with van der Waals surface area (Å²) in [6.45, 7) is 1.39. The summed E-state index contributed by atoms with van der Waals surface area (Å²) in [5.74, 6) is -0.828. The third-order valence-corrected chi connectivity index (χ3v) is 10.2. The number of sulfone groups is 2. The van der Waals surface area contributed by atoms with Gasteiger partial charge in [-0.3, -0.25) is 9.52 Å². The third-order valence-electron chi connectivity index (χ3n) is 4.62. The normalized spacial score (nSPS) is 19.0. The van der Waals surface area contributed by atoms with Gasteiger partial charge in [-0.1, -0.05) is 6.07 Å². The van der Waals surface area contributed by atoms with Crippen LogP contribution in [0.5, 0.6) is 0 Å². The molecule has 1 unspecified atom stereocenters. The van der Waals surface area contributed by atoms with Gasteiger partial charge in [-0.2, -0.15) is 0 Å². The summed E-state index contributed by atoms with van der Waals surface area (Å²) in [7, 11) is -11.5. The van der Waals surface area contributed by atoms with Crippen molar-refractivity contribution in [2.24, 2.45) is 0 Å². The number of rotatable bonds is 6. The fourth-order valence-corrected chi connectivity index (χ4v) is 8.59. The standard InChI is InChI=1S/C18H19NO7S3/c1-13(20)14-5-7-15(8-6-14)19-29(25,26)17-4-2-3-16(11-17)28(23,24)18-9-10-27(21,22)12-18/h2-8,11,18-19H,9-10,12H2,1H3. The van der Waals surface area contributed by atoms with E-state index in [-0.39, 0.29) is 33.4 Å². The number of carbonyl (C=O) groups excluding carboxylic acids is 1. The lowest BCUT2D eigenvalue weighted by molar-refractivity contribution is 0.101. The van der Waals surface area contributed by atoms with Crippen LogP contribution in [-0.4, -0.2) is 47.8 Å². The Bertz CT molecular complexity index is 1260. The maximum atomic E-state index is 12.7. The molecular formula is C18H19NO7S3. The second-order valence-corrected chi connectivity index (χ2v) is 12.9. The lowest BCUT2D eigenvalue weighted by Crippen LogP contribution is -2.23. The second kappa shape index (κ2) is 7.54. The first kappa shape index (κ1) is 21.5. The molecule has 2 aromatic carbocycles. The molecule has 2 aromatic rings. The molecule has 1 N–H and O–H groups in total. The van der Waals surface area contributed by atoms with Crippen molar-refractivity contribution in [3.05, 3.63) is 54.1 Å². The summed E-state index contributed by atoms with van der Waals surface area (Å²) in [6.07, 6.45) is -0.0115. The molecular weight excluding hydrogens is 438 g/mol. The van der Waals surface area contributed by atoms with Gasteiger partial charge >= 0.3 is 0 Å². The first-order valence-corrected chi connectivity index (χ1v) is 13.4. The van der Waals surface area contributed by atoms with Crippen LogP contribution in [0.2, 0.25) is 0 Å². The van der Waals surface area contributed by atoms with E-state index in [1.54, 1.807) is 0 Å². The van der Waals surface area contributed by atoms with Crippen molar-refractivity contribution in [1.29, 1.82) is 0 Å². The number of anilines is 1. The van der Waals surface area contributed by atoms with Crippen LogP contribution in [-0.2, 0) is 29.7 Å². The highest BCUT2D eigenvalue weighted by Crippen LogP contribution is 2.27. The van der Waals surface area contributed by atoms with Crippen molar-refractivity contribution in [1.82, 2.24) is 0 Å². The van der Waals surface area contributed by atoms with Gasteiger partial charge in [-0.15, -0.1) is 0 Å². The van der Waals surface area contributed by atoms with Crippen molar-refractivity contribution < 1.29 is 30.0 Å². The Hall–Kier alpha value is -2.24. The van der Waals surface area contributed by atoms with Crippen molar-refractivity contribution in [3.63, 3.8) is 0 Å². The molecule has 1 fully saturated rings. The third kappa shape index (κ3) is 4.68. The Morgan fingerprint density at radius 3 is 2.17 bits per heavy atom. The van der Waals surface area contributed by atoms with Crippen LogP contribution < -0.4 is 4.72 Å². The zero-order valence-electron chi connectivity index (χ0n) is 15.4. The maximum absolute atomic E-state index is 12.7. The number of hydrogen-bond donors (Lipinski definition) is 1. The monoisotopic (exact) mass is 457 g/mol. The number of hydrogen-bond acceptors (Lipinski definition) is 7. The summed E-state index contributed by atoms with van der Waals surface area (Å²) in [5, 5.41) is -1.09. The van der Waals surface area contributed by atoms with Crippen molar-refractivity contribution in [3.8, 4) is 0 Å². The highest BCUT2D eigenvalue weighted by molar-refractivity contribution is 7.96. The number of sulfonamides is 1. The SMILES string of the molecule is CC(=O)c1ccc(NS(=O)(=O)c2cccc(S(=O)(=O)C3CCS(=O)(=O)C3)c2)cc1. The van der Waals surface area contributed by atoms with E-state index in [9.17, 15) is 30.0 Å². The van der Waals surface area contributed by atoms with Crippen LogP contribution >= 0.6 is 0 Å². The van der Waals surface area contributed by atoms with Crippen LogP contribution in [0.15, 0.2) is 58.3 Å². The number of benzene rings is 2. The molecule has 0 saturated carbocycles. The number of carbonyl (C=O) groups is 1. The minimum absolute atomic E-state index is 0.0115. The van der Waals surface area contributed by atoms with Gasteiger partial charge in [0, 0.05) is 11.3 Å². The van der Waals surface area contributed by atoms with Gasteiger partial charge in [0.2, 0.25) is 0 Å². The Kier molecular flexibility index (Phi) is 5.58. The molecule has 1 heterocycles. The molecule has 3 rings (SSSR count). The zero-order valence-corrected chi connectivity index (χ0v) is 17.8. The fraction of sp³-hybridized carbons (Fsp3) is 0.278. The molecule has 0 amide bonds. The molecule has 8 nitrogen and oxygen atoms in total. The smallest absolute Gasteiger partial charge is 0.261 e. The zero-order chi connectivity index (χ0) is 21.4. The van der Waals surface area contributed by atoms with Crippen LogP contribution in [0.1, 0.15) is 23.7 Å². The fourth-order valence-electron chi connectivity index (χ4n) is 3.00. The minimum Gasteiger partial charge on any atom is -0.295 e. The van der Waals surface area contributed by atoms with Gasteiger partial charge in [0.05, 0.1) is 26.5 Å². The highest BCUT2D eigenvalue weighted by atomic mass is 32.2. The number of Topliss-reactive ketones (excluding diaryl/α,β-unsaturated/α-hetero) is 1. The lowest BCUT2D eigenvalue weighted by atomic mass is 10.1. The van der Waals surface area contributed by atoms with E-state index in [2.05, 4.69) is 4.72 Å². The van der Waals surface area contributed by atoms with E-state index in [1.807, 2.05) is 0 Å². The van der Waals surface area contributed by atoms with Gasteiger partial charge in [0.15, 0.2) is 25.5 Å². The molecule has 0 spiro atoms. The van der Waals surface area contributed by atoms with Gasteiger partial charge in [-0.05, 0) is 55.8 Å². The molecule has 11 heteroatoms. The molecule has 1 saturated heterocycles. The first-order valence-electron chi connectivity index (χ1n) is 8.59. The Morgan fingerprint density at radius 2 is 1.62 bits per heavy atom. The lowest BCUT2D eigenvalue weighted by Gasteiger charge is -2.12. The van der Waals surface area contributed by atoms with Gasteiger partial charge in [-0.25, -0.2) is 25.3 Å². The van der Waals surface area contributed by atoms with Crippen LogP contribution in [0.4, 0.5) is 5.69 Å². The Balaban J connectivity index is 1.89. The molecule has 0 aliphatic carbocycles. The van der Waals surface area contributed by atoms with E-state index in [0.717, 1.165) is 6.07 Å². The summed E-state index contributed by atoms with van der Waals surface area (Å²) < 4.78 is 76.4. The summed E-state index contributed by atoms with van der Waals surface area (Å²) in [4.78, 5) is 10.8. The minimum atomic E-state index is -4.09. The summed E-state index contributed by atoms with van der Waals surface area (Å²) in [5.41, 5.74) is 0.637. The number of ketones is 1. The molecule has 156 valence electrons. The molecule has 0 radical (unpaired) electrons. The van der Waals surface area contributed by atoms with Crippen molar-refractivity contribution in [2.45, 2.75) is 28.4 Å². The average molecular weight is 458 g/mol. The quantitative estimate of drug-likeness (QED) is 0.652. The largest absolute Gasteiger partial charge is 0.295 e. The van der Waals surface area contributed by atoms with Crippen molar-refractivity contribution in [2.75, 3.05) is 16.2 Å². The Labute approximate surface area is 169 Å². The van der Waals surface area contributed by atoms with E-state index in [0.29, 0.717) is 5.56 Å². The predicted octanol–water partition coefficient (Wildman–Crippen LogP) is 1.65. The predicted molar refractivity (Wildman–Crippen MR) is 108 cm³/mol. The van der Waals surface area contributed by atoms with E-state index >= 15 is 0 Å². The van der Waals surface area contributed by atoms with Gasteiger partial charge in [0.1, 0.15) is 0 Å². The average Bonchev–Trinajstić information content (AvgIpc) is 3.02. The molecule has 0 bridgehead atoms. The van der Waals surface area contributed by atoms with E-state index in [1.165, 1.54) is 49.4 Å². The van der Waals surface area contributed by atoms with E-state index in [4.69, 9.17) is 0 Å². The number of nitrogens with one attached hydrogen (secondary N) is 1. The summed E-state index contributed by atoms with van der Waals surface area (Å²) in [6, 6.07) is 10.6. The van der Waals surface area contributed by atoms with Gasteiger partial charge < -0.3 is 0 Å². The van der Waals surface area contributed by atoms with Crippen LogP contribution in [0.25, 0.3) is 0 Å². The molecule has 1 aliphatic rings. The topological polar surface area (TPSA) is 132 Å². The van der Waals surface area contributed by atoms with Crippen molar-refractivity contribution >= 4 is 41.2 Å². The maximum Gasteiger partial charge on any atom is 0.261 e. The molecule has 1 atom stereocenters. The van der Waals surface area contributed by atoms with Gasteiger partial charge in [0.25, 0.3) is 10.0 Å². The first-order chi connectivity index (χ1) is 13.4. The Morgan fingerprint density at radius 1 is 1.00 bits per heavy atom. The van der Waals surface area contributed by atoms with Crippen LogP contribution in [0, 0.1) is 0 Å². The highest BCUT2D eigenvalue weighted by Gasteiger charge is 2.38.